The van der Waals surface area contributed by atoms with Crippen molar-refractivity contribution in [2.45, 2.75) is 33.2 Å². The van der Waals surface area contributed by atoms with Gasteiger partial charge in [-0.05, 0) is 27.8 Å². The van der Waals surface area contributed by atoms with Gasteiger partial charge in [-0.25, -0.2) is 9.97 Å². The molecule has 0 radical (unpaired) electrons. The Balaban J connectivity index is 2.62. The first kappa shape index (κ1) is 12.6. The van der Waals surface area contributed by atoms with Crippen molar-refractivity contribution in [2.24, 2.45) is 0 Å². The number of nitrogens with zero attached hydrogens (tertiary/aromatic N) is 2. The molecule has 5 nitrogen and oxygen atoms in total. The van der Waals surface area contributed by atoms with E-state index in [9.17, 15) is 4.79 Å². The van der Waals surface area contributed by atoms with Crippen LogP contribution in [0.1, 0.15) is 24.9 Å². The molecule has 0 aliphatic heterocycles. The third kappa shape index (κ3) is 3.94. The van der Waals surface area contributed by atoms with Crippen LogP contribution in [-0.2, 0) is 4.79 Å². The number of amides is 1. The summed E-state index contributed by atoms with van der Waals surface area (Å²) < 4.78 is 0. The molecule has 1 unspecified atom stereocenters. The number of aromatic nitrogens is 2. The minimum absolute atomic E-state index is 0.0423. The molecule has 0 aliphatic rings. The van der Waals surface area contributed by atoms with E-state index < -0.39 is 0 Å². The molecule has 0 spiro atoms. The lowest BCUT2D eigenvalue weighted by Gasteiger charge is -2.10. The van der Waals surface area contributed by atoms with Crippen LogP contribution in [0.5, 0.6) is 0 Å². The van der Waals surface area contributed by atoms with Crippen LogP contribution in [0, 0.1) is 13.8 Å². The van der Waals surface area contributed by atoms with Crippen molar-refractivity contribution in [3.63, 3.8) is 0 Å². The van der Waals surface area contributed by atoms with E-state index in [0.717, 1.165) is 5.69 Å². The number of anilines is 1. The summed E-state index contributed by atoms with van der Waals surface area (Å²) in [6.07, 6.45) is 0.429. The first-order chi connectivity index (χ1) is 7.51. The van der Waals surface area contributed by atoms with Gasteiger partial charge in [-0.2, -0.15) is 0 Å². The smallest absolute Gasteiger partial charge is 0.227 e. The molecule has 1 aromatic heterocycles. The van der Waals surface area contributed by atoms with Crippen molar-refractivity contribution >= 4 is 11.7 Å². The molecule has 0 bridgehead atoms. The minimum atomic E-state index is -0.0423. The van der Waals surface area contributed by atoms with E-state index in [1.54, 1.807) is 13.0 Å². The van der Waals surface area contributed by atoms with Crippen LogP contribution in [0.25, 0.3) is 0 Å². The molecule has 5 heteroatoms. The van der Waals surface area contributed by atoms with Gasteiger partial charge in [-0.3, -0.25) is 4.79 Å². The molecule has 1 heterocycles. The summed E-state index contributed by atoms with van der Waals surface area (Å²) in [6.45, 7) is 5.63. The SMILES string of the molecule is CNC(C)CC(=O)Nc1cc(C)nc(C)n1. The second-order valence-corrected chi connectivity index (χ2v) is 3.88. The molecule has 0 saturated heterocycles. The molecule has 1 amide bonds. The third-order valence-electron chi connectivity index (χ3n) is 2.22. The molecule has 0 aromatic carbocycles. The number of carbonyl (C=O) groups is 1. The predicted octanol–water partition coefficient (Wildman–Crippen LogP) is 1.03. The first-order valence-electron chi connectivity index (χ1n) is 5.30. The molecular formula is C11H18N4O. The minimum Gasteiger partial charge on any atom is -0.317 e. The fraction of sp³-hybridized carbons (Fsp3) is 0.545. The van der Waals surface area contributed by atoms with Gasteiger partial charge in [-0.1, -0.05) is 0 Å². The Morgan fingerprint density at radius 1 is 1.44 bits per heavy atom. The third-order valence-corrected chi connectivity index (χ3v) is 2.22. The van der Waals surface area contributed by atoms with Crippen LogP contribution in [0.3, 0.4) is 0 Å². The highest BCUT2D eigenvalue weighted by Gasteiger charge is 2.08. The van der Waals surface area contributed by atoms with E-state index in [4.69, 9.17) is 0 Å². The van der Waals surface area contributed by atoms with Gasteiger partial charge in [0.2, 0.25) is 5.91 Å². The van der Waals surface area contributed by atoms with Gasteiger partial charge in [0.1, 0.15) is 11.6 Å². The number of carbonyl (C=O) groups excluding carboxylic acids is 1. The summed E-state index contributed by atoms with van der Waals surface area (Å²) in [5.74, 6) is 1.19. The van der Waals surface area contributed by atoms with Gasteiger partial charge < -0.3 is 10.6 Å². The van der Waals surface area contributed by atoms with Crippen LogP contribution in [-0.4, -0.2) is 29.0 Å². The van der Waals surface area contributed by atoms with Crippen molar-refractivity contribution in [2.75, 3.05) is 12.4 Å². The highest BCUT2D eigenvalue weighted by Crippen LogP contribution is 2.06. The molecular weight excluding hydrogens is 204 g/mol. The standard InChI is InChI=1S/C11H18N4O/c1-7(12-4)6-11(16)15-10-5-8(2)13-9(3)14-10/h5,7,12H,6H2,1-4H3,(H,13,14,15,16). The van der Waals surface area contributed by atoms with E-state index in [-0.39, 0.29) is 11.9 Å². The van der Waals surface area contributed by atoms with Gasteiger partial charge in [0.05, 0.1) is 0 Å². The van der Waals surface area contributed by atoms with Gasteiger partial charge in [0, 0.05) is 24.2 Å². The van der Waals surface area contributed by atoms with Crippen LogP contribution < -0.4 is 10.6 Å². The number of hydrogen-bond acceptors (Lipinski definition) is 4. The summed E-state index contributed by atoms with van der Waals surface area (Å²) in [4.78, 5) is 19.9. The summed E-state index contributed by atoms with van der Waals surface area (Å²) in [5, 5.41) is 5.77. The van der Waals surface area contributed by atoms with Crippen LogP contribution in [0.4, 0.5) is 5.82 Å². The van der Waals surface area contributed by atoms with Crippen molar-refractivity contribution < 1.29 is 4.79 Å². The average molecular weight is 222 g/mol. The summed E-state index contributed by atoms with van der Waals surface area (Å²) in [5.41, 5.74) is 0.851. The lowest BCUT2D eigenvalue weighted by Crippen LogP contribution is -2.27. The zero-order chi connectivity index (χ0) is 12.1. The quantitative estimate of drug-likeness (QED) is 0.798. The Morgan fingerprint density at radius 3 is 2.69 bits per heavy atom. The molecule has 0 saturated carbocycles. The number of aryl methyl sites for hydroxylation is 2. The highest BCUT2D eigenvalue weighted by atomic mass is 16.1. The Kier molecular flexibility index (Phi) is 4.37. The Labute approximate surface area is 95.7 Å². The summed E-state index contributed by atoms with van der Waals surface area (Å²) in [6, 6.07) is 1.92. The molecule has 1 rings (SSSR count). The number of rotatable bonds is 4. The maximum absolute atomic E-state index is 11.6. The van der Waals surface area contributed by atoms with Gasteiger partial charge in [0.25, 0.3) is 0 Å². The molecule has 16 heavy (non-hydrogen) atoms. The van der Waals surface area contributed by atoms with Gasteiger partial charge in [-0.15, -0.1) is 0 Å². The van der Waals surface area contributed by atoms with Crippen molar-refractivity contribution in [3.05, 3.63) is 17.6 Å². The van der Waals surface area contributed by atoms with E-state index >= 15 is 0 Å². The fourth-order valence-electron chi connectivity index (χ4n) is 1.36. The monoisotopic (exact) mass is 222 g/mol. The van der Waals surface area contributed by atoms with Crippen molar-refractivity contribution in [3.8, 4) is 0 Å². The van der Waals surface area contributed by atoms with Crippen LogP contribution in [0.15, 0.2) is 6.07 Å². The van der Waals surface area contributed by atoms with Gasteiger partial charge in [0.15, 0.2) is 0 Å². The van der Waals surface area contributed by atoms with E-state index in [1.807, 2.05) is 20.9 Å². The fourth-order valence-corrected chi connectivity index (χ4v) is 1.36. The lowest BCUT2D eigenvalue weighted by molar-refractivity contribution is -0.116. The Bertz CT molecular complexity index is 358. The first-order valence-corrected chi connectivity index (χ1v) is 5.30. The van der Waals surface area contributed by atoms with E-state index in [1.165, 1.54) is 0 Å². The summed E-state index contributed by atoms with van der Waals surface area (Å²) in [7, 11) is 1.83. The molecule has 1 aromatic rings. The Morgan fingerprint density at radius 2 is 2.12 bits per heavy atom. The van der Waals surface area contributed by atoms with Crippen molar-refractivity contribution in [1.29, 1.82) is 0 Å². The maximum atomic E-state index is 11.6. The molecule has 88 valence electrons. The number of hydrogen-bond donors (Lipinski definition) is 2. The molecule has 0 aliphatic carbocycles. The van der Waals surface area contributed by atoms with E-state index in [2.05, 4.69) is 20.6 Å². The number of nitrogens with one attached hydrogen (secondary N) is 2. The molecule has 1 atom stereocenters. The zero-order valence-electron chi connectivity index (χ0n) is 10.2. The average Bonchev–Trinajstić information content (AvgIpc) is 2.15. The second-order valence-electron chi connectivity index (χ2n) is 3.88. The van der Waals surface area contributed by atoms with Gasteiger partial charge >= 0.3 is 0 Å². The predicted molar refractivity (Wildman–Crippen MR) is 63.3 cm³/mol. The molecule has 2 N–H and O–H groups in total. The van der Waals surface area contributed by atoms with Crippen LogP contribution in [0.2, 0.25) is 0 Å². The Hall–Kier alpha value is -1.49. The van der Waals surface area contributed by atoms with Crippen LogP contribution >= 0.6 is 0 Å². The maximum Gasteiger partial charge on any atom is 0.227 e. The second kappa shape index (κ2) is 5.55. The van der Waals surface area contributed by atoms with Crippen molar-refractivity contribution in [1.82, 2.24) is 15.3 Å². The van der Waals surface area contributed by atoms with E-state index in [0.29, 0.717) is 18.1 Å². The summed E-state index contributed by atoms with van der Waals surface area (Å²) >= 11 is 0. The molecule has 0 fully saturated rings. The normalized spacial score (nSPS) is 12.2. The largest absolute Gasteiger partial charge is 0.317 e. The lowest BCUT2D eigenvalue weighted by atomic mass is 10.2. The topological polar surface area (TPSA) is 66.9 Å². The highest BCUT2D eigenvalue weighted by molar-refractivity contribution is 5.90. The zero-order valence-corrected chi connectivity index (χ0v) is 10.2.